The summed E-state index contributed by atoms with van der Waals surface area (Å²) >= 11 is 0. The van der Waals surface area contributed by atoms with Gasteiger partial charge < -0.3 is 14.8 Å². The van der Waals surface area contributed by atoms with E-state index >= 15 is 0 Å². The molecule has 124 valence electrons. The quantitative estimate of drug-likeness (QED) is 0.945. The molecule has 0 aromatic carbocycles. The van der Waals surface area contributed by atoms with E-state index < -0.39 is 0 Å². The molecule has 23 heavy (non-hydrogen) atoms. The van der Waals surface area contributed by atoms with Crippen molar-refractivity contribution >= 4 is 11.2 Å². The minimum atomic E-state index is 0.542. The molecule has 4 rings (SSSR count). The zero-order valence-corrected chi connectivity index (χ0v) is 14.0. The summed E-state index contributed by atoms with van der Waals surface area (Å²) in [5.41, 5.74) is 2.13. The maximum absolute atomic E-state index is 4.97. The van der Waals surface area contributed by atoms with E-state index in [0.29, 0.717) is 12.1 Å². The Balaban J connectivity index is 1.69. The van der Waals surface area contributed by atoms with Gasteiger partial charge in [-0.2, -0.15) is 0 Å². The summed E-state index contributed by atoms with van der Waals surface area (Å²) in [7, 11) is 2.26. The topological polar surface area (TPSA) is 46.0 Å². The molecule has 1 unspecified atom stereocenters. The van der Waals surface area contributed by atoms with E-state index in [9.17, 15) is 0 Å². The molecule has 2 aromatic rings. The van der Waals surface area contributed by atoms with Crippen LogP contribution in [0, 0.1) is 0 Å². The third kappa shape index (κ3) is 3.00. The first-order valence-electron chi connectivity index (χ1n) is 9.06. The molecule has 1 atom stereocenters. The number of likely N-dealkylation sites (N-methyl/N-ethyl adjacent to an activating group) is 1. The van der Waals surface area contributed by atoms with Gasteiger partial charge in [-0.25, -0.2) is 9.97 Å². The van der Waals surface area contributed by atoms with Crippen molar-refractivity contribution < 1.29 is 0 Å². The fourth-order valence-corrected chi connectivity index (χ4v) is 4.18. The number of likely N-dealkylation sites (tertiary alicyclic amines) is 1. The molecule has 0 spiro atoms. The minimum Gasteiger partial charge on any atom is -0.317 e. The average Bonchev–Trinajstić information content (AvgIpc) is 2.95. The van der Waals surface area contributed by atoms with Gasteiger partial charge in [0, 0.05) is 24.7 Å². The summed E-state index contributed by atoms with van der Waals surface area (Å²) in [6, 6.07) is 5.27. The van der Waals surface area contributed by atoms with Gasteiger partial charge in [-0.1, -0.05) is 6.42 Å². The lowest BCUT2D eigenvalue weighted by Crippen LogP contribution is -2.38. The Labute approximate surface area is 138 Å². The van der Waals surface area contributed by atoms with E-state index in [4.69, 9.17) is 4.98 Å². The van der Waals surface area contributed by atoms with Crippen LogP contribution in [0.15, 0.2) is 18.3 Å². The highest BCUT2D eigenvalue weighted by atomic mass is 15.2. The number of hydrogen-bond donors (Lipinski definition) is 1. The van der Waals surface area contributed by atoms with Crippen LogP contribution in [0.4, 0.5) is 0 Å². The van der Waals surface area contributed by atoms with Gasteiger partial charge in [-0.3, -0.25) is 0 Å². The Bertz CT molecular complexity index is 658. The van der Waals surface area contributed by atoms with Crippen molar-refractivity contribution in [3.63, 3.8) is 0 Å². The van der Waals surface area contributed by atoms with Crippen molar-refractivity contribution in [3.05, 3.63) is 24.2 Å². The number of piperidine rings is 2. The van der Waals surface area contributed by atoms with Gasteiger partial charge in [0.05, 0.1) is 0 Å². The third-order valence-corrected chi connectivity index (χ3v) is 5.54. The molecule has 0 aliphatic carbocycles. The normalized spacial score (nSPS) is 24.3. The summed E-state index contributed by atoms with van der Waals surface area (Å²) in [6.45, 7) is 3.41. The van der Waals surface area contributed by atoms with Crippen molar-refractivity contribution in [2.24, 2.45) is 0 Å². The van der Waals surface area contributed by atoms with Crippen LogP contribution in [0.2, 0.25) is 0 Å². The van der Waals surface area contributed by atoms with Gasteiger partial charge in [0.1, 0.15) is 11.3 Å². The van der Waals surface area contributed by atoms with E-state index in [0.717, 1.165) is 30.7 Å². The maximum Gasteiger partial charge on any atom is 0.160 e. The number of imidazole rings is 1. The molecule has 2 saturated heterocycles. The Morgan fingerprint density at radius 2 is 2.09 bits per heavy atom. The molecule has 0 bridgehead atoms. The number of rotatable bonds is 3. The summed E-state index contributed by atoms with van der Waals surface area (Å²) in [4.78, 5) is 12.1. The molecule has 4 heterocycles. The van der Waals surface area contributed by atoms with E-state index in [-0.39, 0.29) is 0 Å². The molecule has 0 radical (unpaired) electrons. The molecule has 5 heteroatoms. The second-order valence-corrected chi connectivity index (χ2v) is 7.06. The molecule has 0 saturated carbocycles. The van der Waals surface area contributed by atoms with Crippen LogP contribution in [0.3, 0.4) is 0 Å². The number of pyridine rings is 1. The fourth-order valence-electron chi connectivity index (χ4n) is 4.18. The molecular weight excluding hydrogens is 286 g/mol. The molecule has 0 amide bonds. The van der Waals surface area contributed by atoms with Gasteiger partial charge in [0.25, 0.3) is 0 Å². The van der Waals surface area contributed by atoms with Crippen LogP contribution in [0.5, 0.6) is 0 Å². The number of fused-ring (bicyclic) bond motifs is 1. The summed E-state index contributed by atoms with van der Waals surface area (Å²) < 4.78 is 2.46. The van der Waals surface area contributed by atoms with Crippen LogP contribution >= 0.6 is 0 Å². The standard InChI is InChI=1S/C18H27N5/c1-22-12-3-2-5-15(22)13-17-21-16-6-4-9-20-18(16)23(17)14-7-10-19-11-8-14/h4,6,9,14-15,19H,2-3,5,7-8,10-13H2,1H3. The smallest absolute Gasteiger partial charge is 0.160 e. The van der Waals surface area contributed by atoms with Crippen LogP contribution in [0.1, 0.15) is 44.0 Å². The van der Waals surface area contributed by atoms with Crippen LogP contribution < -0.4 is 5.32 Å². The van der Waals surface area contributed by atoms with Crippen molar-refractivity contribution in [1.29, 1.82) is 0 Å². The van der Waals surface area contributed by atoms with E-state index in [1.54, 1.807) is 0 Å². The zero-order chi connectivity index (χ0) is 15.6. The number of hydrogen-bond acceptors (Lipinski definition) is 4. The molecule has 2 aliphatic rings. The Kier molecular flexibility index (Phi) is 4.31. The SMILES string of the molecule is CN1CCCCC1Cc1nc2cccnc2n1C1CCNCC1. The molecule has 2 aromatic heterocycles. The molecule has 2 aliphatic heterocycles. The molecule has 5 nitrogen and oxygen atoms in total. The first kappa shape index (κ1) is 15.1. The summed E-state index contributed by atoms with van der Waals surface area (Å²) in [5, 5.41) is 3.47. The Morgan fingerprint density at radius 3 is 2.91 bits per heavy atom. The van der Waals surface area contributed by atoms with Crippen molar-refractivity contribution in [2.75, 3.05) is 26.7 Å². The third-order valence-electron chi connectivity index (χ3n) is 5.54. The molecule has 2 fully saturated rings. The Morgan fingerprint density at radius 1 is 1.22 bits per heavy atom. The van der Waals surface area contributed by atoms with E-state index in [1.165, 1.54) is 44.5 Å². The number of aromatic nitrogens is 3. The maximum atomic E-state index is 4.97. The Hall–Kier alpha value is -1.46. The largest absolute Gasteiger partial charge is 0.317 e. The van der Waals surface area contributed by atoms with Gasteiger partial charge >= 0.3 is 0 Å². The highest BCUT2D eigenvalue weighted by Gasteiger charge is 2.26. The highest BCUT2D eigenvalue weighted by molar-refractivity contribution is 5.71. The first-order chi connectivity index (χ1) is 11.3. The predicted molar refractivity (Wildman–Crippen MR) is 92.6 cm³/mol. The van der Waals surface area contributed by atoms with E-state index in [2.05, 4.69) is 32.9 Å². The van der Waals surface area contributed by atoms with Crippen LogP contribution in [-0.2, 0) is 6.42 Å². The number of nitrogens with zero attached hydrogens (tertiary/aromatic N) is 4. The van der Waals surface area contributed by atoms with Gasteiger partial charge in [0.2, 0.25) is 0 Å². The number of nitrogens with one attached hydrogen (secondary N) is 1. The average molecular weight is 313 g/mol. The predicted octanol–water partition coefficient (Wildman–Crippen LogP) is 2.38. The minimum absolute atomic E-state index is 0.542. The second kappa shape index (κ2) is 6.57. The summed E-state index contributed by atoms with van der Waals surface area (Å²) in [5.74, 6) is 1.24. The van der Waals surface area contributed by atoms with Gasteiger partial charge in [-0.05, 0) is 64.5 Å². The van der Waals surface area contributed by atoms with E-state index in [1.807, 2.05) is 12.3 Å². The lowest BCUT2D eigenvalue weighted by Gasteiger charge is -2.33. The highest BCUT2D eigenvalue weighted by Crippen LogP contribution is 2.28. The van der Waals surface area contributed by atoms with Gasteiger partial charge in [-0.15, -0.1) is 0 Å². The lowest BCUT2D eigenvalue weighted by molar-refractivity contribution is 0.180. The van der Waals surface area contributed by atoms with Crippen LogP contribution in [0.25, 0.3) is 11.2 Å². The van der Waals surface area contributed by atoms with Crippen molar-refractivity contribution in [2.45, 2.75) is 50.6 Å². The monoisotopic (exact) mass is 313 g/mol. The van der Waals surface area contributed by atoms with Crippen molar-refractivity contribution in [3.8, 4) is 0 Å². The molecular formula is C18H27N5. The lowest BCUT2D eigenvalue weighted by atomic mass is 9.99. The van der Waals surface area contributed by atoms with Crippen molar-refractivity contribution in [1.82, 2.24) is 24.8 Å². The molecule has 1 N–H and O–H groups in total. The fraction of sp³-hybridized carbons (Fsp3) is 0.667. The zero-order valence-electron chi connectivity index (χ0n) is 14.0. The summed E-state index contributed by atoms with van der Waals surface area (Å²) in [6.07, 6.45) is 9.28. The first-order valence-corrected chi connectivity index (χ1v) is 9.06. The second-order valence-electron chi connectivity index (χ2n) is 7.06. The van der Waals surface area contributed by atoms with Crippen LogP contribution in [-0.4, -0.2) is 52.2 Å². The van der Waals surface area contributed by atoms with Gasteiger partial charge in [0.15, 0.2) is 5.65 Å².